The van der Waals surface area contributed by atoms with Crippen molar-refractivity contribution >= 4 is 34.1 Å². The van der Waals surface area contributed by atoms with Crippen molar-refractivity contribution < 1.29 is 9.59 Å². The van der Waals surface area contributed by atoms with Gasteiger partial charge in [-0.25, -0.2) is 0 Å². The Morgan fingerprint density at radius 1 is 0.892 bits per heavy atom. The van der Waals surface area contributed by atoms with Crippen LogP contribution in [0.2, 0.25) is 0 Å². The Hall–Kier alpha value is -4.20. The highest BCUT2D eigenvalue weighted by Crippen LogP contribution is 2.29. The summed E-state index contributed by atoms with van der Waals surface area (Å²) in [6, 6.07) is 13.5. The van der Waals surface area contributed by atoms with Gasteiger partial charge in [-0.3, -0.25) is 19.7 Å². The summed E-state index contributed by atoms with van der Waals surface area (Å²) in [4.78, 5) is 34.7. The Labute approximate surface area is 215 Å². The fourth-order valence-electron chi connectivity index (χ4n) is 5.36. The largest absolute Gasteiger partial charge is 0.370 e. The molecule has 6 rings (SSSR count). The summed E-state index contributed by atoms with van der Waals surface area (Å²) in [7, 11) is 0. The smallest absolute Gasteiger partial charge is 0.276 e. The van der Waals surface area contributed by atoms with Crippen LogP contribution in [0.15, 0.2) is 54.9 Å². The molecule has 2 aromatic carbocycles. The number of nitrogens with one attached hydrogen (secondary N) is 2. The van der Waals surface area contributed by atoms with Gasteiger partial charge in [-0.05, 0) is 80.1 Å². The molecule has 4 heterocycles. The van der Waals surface area contributed by atoms with Gasteiger partial charge in [0.25, 0.3) is 11.8 Å². The SMILES string of the molecule is Cc1cc(NC(=O)c2n[nH]c3ccc(-c4cncc(N5CCCC5)c4)cc23)ccc1C(=O)N1CCCC1. The Morgan fingerprint density at radius 3 is 2.46 bits per heavy atom. The number of hydrogen-bond donors (Lipinski definition) is 2. The zero-order chi connectivity index (χ0) is 25.4. The number of aryl methyl sites for hydroxylation is 1. The van der Waals surface area contributed by atoms with Crippen LogP contribution in [-0.4, -0.2) is 58.1 Å². The number of hydrogen-bond acceptors (Lipinski definition) is 5. The second-order valence-electron chi connectivity index (χ2n) is 9.94. The van der Waals surface area contributed by atoms with Crippen LogP contribution in [0.5, 0.6) is 0 Å². The highest BCUT2D eigenvalue weighted by molar-refractivity contribution is 6.11. The van der Waals surface area contributed by atoms with E-state index in [1.54, 1.807) is 12.1 Å². The minimum Gasteiger partial charge on any atom is -0.370 e. The Balaban J connectivity index is 1.24. The lowest BCUT2D eigenvalue weighted by Gasteiger charge is -2.17. The van der Waals surface area contributed by atoms with Gasteiger partial charge in [-0.15, -0.1) is 0 Å². The predicted octanol–water partition coefficient (Wildman–Crippen LogP) is 5.02. The lowest BCUT2D eigenvalue weighted by Crippen LogP contribution is -2.28. The van der Waals surface area contributed by atoms with E-state index in [4.69, 9.17) is 0 Å². The number of amides is 2. The Bertz CT molecular complexity index is 1480. The highest BCUT2D eigenvalue weighted by Gasteiger charge is 2.22. The third-order valence-electron chi connectivity index (χ3n) is 7.41. The zero-order valence-corrected chi connectivity index (χ0v) is 21.0. The normalized spacial score (nSPS) is 15.5. The topological polar surface area (TPSA) is 94.2 Å². The van der Waals surface area contributed by atoms with E-state index < -0.39 is 0 Å². The number of benzene rings is 2. The molecule has 0 bridgehead atoms. The second-order valence-corrected chi connectivity index (χ2v) is 9.94. The highest BCUT2D eigenvalue weighted by atomic mass is 16.2. The molecule has 0 radical (unpaired) electrons. The van der Waals surface area contributed by atoms with Crippen molar-refractivity contribution in [2.45, 2.75) is 32.6 Å². The maximum atomic E-state index is 13.2. The zero-order valence-electron chi connectivity index (χ0n) is 21.0. The third-order valence-corrected chi connectivity index (χ3v) is 7.41. The fourth-order valence-corrected chi connectivity index (χ4v) is 5.36. The van der Waals surface area contributed by atoms with Gasteiger partial charge < -0.3 is 15.1 Å². The van der Waals surface area contributed by atoms with E-state index in [2.05, 4.69) is 31.5 Å². The molecule has 188 valence electrons. The Morgan fingerprint density at radius 2 is 1.68 bits per heavy atom. The summed E-state index contributed by atoms with van der Waals surface area (Å²) in [5.41, 5.74) is 6.40. The third kappa shape index (κ3) is 4.55. The van der Waals surface area contributed by atoms with Crippen LogP contribution in [0.1, 0.15) is 52.1 Å². The van der Waals surface area contributed by atoms with Crippen LogP contribution in [-0.2, 0) is 0 Å². The van der Waals surface area contributed by atoms with E-state index in [0.717, 1.165) is 72.3 Å². The summed E-state index contributed by atoms with van der Waals surface area (Å²) >= 11 is 0. The molecular weight excluding hydrogens is 464 g/mol. The van der Waals surface area contributed by atoms with Crippen molar-refractivity contribution in [3.8, 4) is 11.1 Å². The van der Waals surface area contributed by atoms with Gasteiger partial charge in [0, 0.05) is 54.6 Å². The molecule has 8 nitrogen and oxygen atoms in total. The number of aromatic amines is 1. The molecule has 2 amide bonds. The lowest BCUT2D eigenvalue weighted by molar-refractivity contribution is 0.0792. The van der Waals surface area contributed by atoms with Gasteiger partial charge in [0.15, 0.2) is 5.69 Å². The molecule has 0 saturated carbocycles. The van der Waals surface area contributed by atoms with E-state index in [0.29, 0.717) is 16.9 Å². The second kappa shape index (κ2) is 9.69. The number of anilines is 2. The van der Waals surface area contributed by atoms with Crippen molar-refractivity contribution in [1.29, 1.82) is 0 Å². The van der Waals surface area contributed by atoms with Gasteiger partial charge in [-0.1, -0.05) is 6.07 Å². The molecule has 0 aliphatic carbocycles. The van der Waals surface area contributed by atoms with Crippen LogP contribution in [0, 0.1) is 6.92 Å². The molecule has 2 N–H and O–H groups in total. The standard InChI is InChI=1S/C29H30N6O2/c1-19-14-22(7-8-24(19)29(37)35-12-4-5-13-35)31-28(36)27-25-16-20(6-9-26(25)32-33-27)21-15-23(18-30-17-21)34-10-2-3-11-34/h6-9,14-18H,2-5,10-13H2,1H3,(H,31,36)(H,32,33). The Kier molecular flexibility index (Phi) is 6.08. The van der Waals surface area contributed by atoms with Gasteiger partial charge in [0.05, 0.1) is 17.4 Å². The first-order chi connectivity index (χ1) is 18.1. The summed E-state index contributed by atoms with van der Waals surface area (Å²) in [6.07, 6.45) is 8.29. The number of likely N-dealkylation sites (tertiary alicyclic amines) is 1. The van der Waals surface area contributed by atoms with E-state index >= 15 is 0 Å². The predicted molar refractivity (Wildman–Crippen MR) is 145 cm³/mol. The average Bonchev–Trinajstić information content (AvgIpc) is 3.70. The molecule has 2 aliphatic heterocycles. The van der Waals surface area contributed by atoms with Crippen LogP contribution < -0.4 is 10.2 Å². The molecule has 0 spiro atoms. The van der Waals surface area contributed by atoms with Gasteiger partial charge in [0.1, 0.15) is 0 Å². The molecule has 0 unspecified atom stereocenters. The monoisotopic (exact) mass is 494 g/mol. The number of pyridine rings is 1. The van der Waals surface area contributed by atoms with Crippen molar-refractivity contribution in [1.82, 2.24) is 20.1 Å². The molecule has 2 aromatic heterocycles. The van der Waals surface area contributed by atoms with E-state index in [1.165, 1.54) is 12.8 Å². The van der Waals surface area contributed by atoms with Crippen molar-refractivity contribution in [2.75, 3.05) is 36.4 Å². The van der Waals surface area contributed by atoms with E-state index in [-0.39, 0.29) is 11.8 Å². The molecule has 2 saturated heterocycles. The van der Waals surface area contributed by atoms with Crippen LogP contribution in [0.25, 0.3) is 22.0 Å². The summed E-state index contributed by atoms with van der Waals surface area (Å²) < 4.78 is 0. The molecule has 37 heavy (non-hydrogen) atoms. The number of carbonyl (C=O) groups is 2. The fraction of sp³-hybridized carbons (Fsp3) is 0.310. The molecule has 8 heteroatoms. The number of carbonyl (C=O) groups excluding carboxylic acids is 2. The molecule has 4 aromatic rings. The summed E-state index contributed by atoms with van der Waals surface area (Å²) in [5.74, 6) is -0.243. The minimum atomic E-state index is -0.301. The summed E-state index contributed by atoms with van der Waals surface area (Å²) in [6.45, 7) is 5.64. The van der Waals surface area contributed by atoms with Crippen LogP contribution in [0.3, 0.4) is 0 Å². The van der Waals surface area contributed by atoms with Crippen LogP contribution >= 0.6 is 0 Å². The molecular formula is C29H30N6O2. The summed E-state index contributed by atoms with van der Waals surface area (Å²) in [5, 5.41) is 11.0. The first-order valence-corrected chi connectivity index (χ1v) is 13.0. The van der Waals surface area contributed by atoms with E-state index in [9.17, 15) is 9.59 Å². The quantitative estimate of drug-likeness (QED) is 0.406. The number of H-pyrrole nitrogens is 1. The maximum Gasteiger partial charge on any atom is 0.276 e. The van der Waals surface area contributed by atoms with Crippen molar-refractivity contribution in [3.63, 3.8) is 0 Å². The van der Waals surface area contributed by atoms with Gasteiger partial charge >= 0.3 is 0 Å². The maximum absolute atomic E-state index is 13.2. The molecule has 0 atom stereocenters. The number of nitrogens with zero attached hydrogens (tertiary/aromatic N) is 4. The molecule has 2 aliphatic rings. The lowest BCUT2D eigenvalue weighted by atomic mass is 10.0. The van der Waals surface area contributed by atoms with Crippen LogP contribution in [0.4, 0.5) is 11.4 Å². The number of rotatable bonds is 5. The number of aromatic nitrogens is 3. The minimum absolute atomic E-state index is 0.0574. The van der Waals surface area contributed by atoms with Gasteiger partial charge in [0.2, 0.25) is 0 Å². The average molecular weight is 495 g/mol. The first-order valence-electron chi connectivity index (χ1n) is 13.0. The van der Waals surface area contributed by atoms with Crippen molar-refractivity contribution in [2.24, 2.45) is 0 Å². The van der Waals surface area contributed by atoms with Crippen molar-refractivity contribution in [3.05, 3.63) is 71.7 Å². The first kappa shape index (κ1) is 23.2. The van der Waals surface area contributed by atoms with E-state index in [1.807, 2.05) is 48.5 Å². The van der Waals surface area contributed by atoms with Gasteiger partial charge in [-0.2, -0.15) is 5.10 Å². The molecule has 2 fully saturated rings. The number of fused-ring (bicyclic) bond motifs is 1.